The van der Waals surface area contributed by atoms with Crippen LogP contribution in [0.25, 0.3) is 10.9 Å². The Morgan fingerprint density at radius 1 is 1.14 bits per heavy atom. The lowest BCUT2D eigenvalue weighted by atomic mass is 9.89. The molecule has 11 nitrogen and oxygen atoms in total. The van der Waals surface area contributed by atoms with Gasteiger partial charge in [-0.1, -0.05) is 26.0 Å². The van der Waals surface area contributed by atoms with Crippen LogP contribution in [-0.4, -0.2) is 101 Å². The number of nitrogens with one attached hydrogen (secondary N) is 2. The van der Waals surface area contributed by atoms with E-state index in [4.69, 9.17) is 9.47 Å². The molecule has 1 atom stereocenters. The molecule has 2 aromatic heterocycles. The van der Waals surface area contributed by atoms with Gasteiger partial charge in [0.2, 0.25) is 11.4 Å². The number of halogens is 2. The fraction of sp³-hybridized carbons (Fsp3) is 0.472. The topological polar surface area (TPSA) is 140 Å². The van der Waals surface area contributed by atoms with Gasteiger partial charge in [-0.2, -0.15) is 4.39 Å². The van der Waals surface area contributed by atoms with Crippen molar-refractivity contribution < 1.29 is 33.3 Å². The monoisotopic (exact) mass is 711 g/mol. The Bertz CT molecular complexity index is 1880. The van der Waals surface area contributed by atoms with Crippen LogP contribution >= 0.6 is 11.3 Å². The second kappa shape index (κ2) is 15.5. The summed E-state index contributed by atoms with van der Waals surface area (Å²) in [6.45, 7) is 8.27. The smallest absolute Gasteiger partial charge is 0.273 e. The van der Waals surface area contributed by atoms with Crippen LogP contribution in [0.4, 0.5) is 8.78 Å². The van der Waals surface area contributed by atoms with Gasteiger partial charge < -0.3 is 34.9 Å². The molecule has 1 amide bonds. The van der Waals surface area contributed by atoms with Crippen molar-refractivity contribution in [1.29, 1.82) is 0 Å². The number of ether oxygens (including phenoxy) is 2. The molecular formula is C36H43F2N5O6S. The number of aromatic hydroxyl groups is 1. The van der Waals surface area contributed by atoms with Gasteiger partial charge in [-0.3, -0.25) is 14.5 Å². The molecule has 2 fully saturated rings. The third-order valence-corrected chi connectivity index (χ3v) is 10.6. The van der Waals surface area contributed by atoms with E-state index < -0.39 is 23.3 Å². The Morgan fingerprint density at radius 3 is 2.70 bits per heavy atom. The number of aliphatic hydroxyl groups is 1. The fourth-order valence-corrected chi connectivity index (χ4v) is 7.41. The Labute approximate surface area is 292 Å². The summed E-state index contributed by atoms with van der Waals surface area (Å²) in [4.78, 5) is 36.0. The van der Waals surface area contributed by atoms with Crippen LogP contribution in [0.15, 0.2) is 46.6 Å². The molecule has 0 radical (unpaired) electrons. The third-order valence-electron chi connectivity index (χ3n) is 9.50. The minimum absolute atomic E-state index is 0.0539. The summed E-state index contributed by atoms with van der Waals surface area (Å²) in [5.41, 5.74) is 0.654. The SMILES string of the molecule is CC(C)c1nc(C(=O)N2CCOC3(CCN(CCOc4ccc(CCNCC(O)c5ccc(O)c6[nH]c(=O)ccc56)c(F)c4F)CC3)C2)cs1. The third kappa shape index (κ3) is 8.00. The van der Waals surface area contributed by atoms with Crippen LogP contribution in [0.2, 0.25) is 0 Å². The van der Waals surface area contributed by atoms with Crippen molar-refractivity contribution in [2.24, 2.45) is 0 Å². The summed E-state index contributed by atoms with van der Waals surface area (Å²) >= 11 is 1.51. The Hall–Kier alpha value is -3.95. The maximum atomic E-state index is 14.9. The first kappa shape index (κ1) is 35.9. The van der Waals surface area contributed by atoms with E-state index in [1.165, 1.54) is 41.7 Å². The zero-order valence-corrected chi connectivity index (χ0v) is 29.0. The molecule has 0 aliphatic carbocycles. The minimum Gasteiger partial charge on any atom is -0.506 e. The lowest BCUT2D eigenvalue weighted by Crippen LogP contribution is -2.58. The number of pyridine rings is 1. The average Bonchev–Trinajstić information content (AvgIpc) is 3.61. The van der Waals surface area contributed by atoms with E-state index in [1.54, 1.807) is 6.07 Å². The van der Waals surface area contributed by atoms with Crippen molar-refractivity contribution >= 4 is 28.1 Å². The molecule has 2 aliphatic heterocycles. The second-order valence-electron chi connectivity index (χ2n) is 13.3. The zero-order valence-electron chi connectivity index (χ0n) is 28.2. The summed E-state index contributed by atoms with van der Waals surface area (Å²) < 4.78 is 41.7. The number of hydrogen-bond acceptors (Lipinski definition) is 10. The molecule has 4 heterocycles. The summed E-state index contributed by atoms with van der Waals surface area (Å²) in [7, 11) is 0. The Balaban J connectivity index is 0.935. The van der Waals surface area contributed by atoms with Crippen molar-refractivity contribution in [2.75, 3.05) is 59.0 Å². The van der Waals surface area contributed by atoms with Gasteiger partial charge in [0.05, 0.1) is 35.4 Å². The highest BCUT2D eigenvalue weighted by molar-refractivity contribution is 7.09. The average molecular weight is 712 g/mol. The van der Waals surface area contributed by atoms with Gasteiger partial charge in [0.15, 0.2) is 11.6 Å². The van der Waals surface area contributed by atoms with Gasteiger partial charge >= 0.3 is 0 Å². The van der Waals surface area contributed by atoms with E-state index in [9.17, 15) is 28.6 Å². The summed E-state index contributed by atoms with van der Waals surface area (Å²) in [5.74, 6) is -2.03. The number of phenols is 1. The summed E-state index contributed by atoms with van der Waals surface area (Å²) in [6.07, 6.45) is 0.719. The van der Waals surface area contributed by atoms with E-state index in [0.29, 0.717) is 42.9 Å². The number of likely N-dealkylation sites (tertiary alicyclic amines) is 1. The molecule has 6 rings (SSSR count). The lowest BCUT2D eigenvalue weighted by Gasteiger charge is -2.47. The van der Waals surface area contributed by atoms with Crippen LogP contribution in [0.1, 0.15) is 65.3 Å². The molecule has 0 saturated carbocycles. The van der Waals surface area contributed by atoms with Gasteiger partial charge in [0.25, 0.3) is 5.91 Å². The molecule has 1 unspecified atom stereocenters. The highest BCUT2D eigenvalue weighted by Crippen LogP contribution is 2.32. The second-order valence-corrected chi connectivity index (χ2v) is 14.2. The van der Waals surface area contributed by atoms with Crippen LogP contribution in [0.5, 0.6) is 11.5 Å². The predicted molar refractivity (Wildman–Crippen MR) is 186 cm³/mol. The lowest BCUT2D eigenvalue weighted by molar-refractivity contribution is -0.127. The molecular weight excluding hydrogens is 668 g/mol. The van der Waals surface area contributed by atoms with Crippen molar-refractivity contribution in [3.05, 3.63) is 85.6 Å². The molecule has 1 spiro atoms. The number of phenolic OH excluding ortho intramolecular Hbond substituents is 1. The molecule has 2 aliphatic rings. The van der Waals surface area contributed by atoms with Crippen LogP contribution in [0.3, 0.4) is 0 Å². The minimum atomic E-state index is -1.04. The number of piperidine rings is 1. The number of aliphatic hydroxyl groups excluding tert-OH is 1. The molecule has 50 heavy (non-hydrogen) atoms. The number of nitrogens with zero attached hydrogens (tertiary/aromatic N) is 3. The van der Waals surface area contributed by atoms with Gasteiger partial charge in [-0.25, -0.2) is 9.37 Å². The Morgan fingerprint density at radius 2 is 1.94 bits per heavy atom. The maximum absolute atomic E-state index is 14.9. The van der Waals surface area contributed by atoms with Crippen LogP contribution in [0, 0.1) is 11.6 Å². The van der Waals surface area contributed by atoms with Crippen molar-refractivity contribution in [3.8, 4) is 11.5 Å². The van der Waals surface area contributed by atoms with Crippen molar-refractivity contribution in [2.45, 2.75) is 50.7 Å². The number of benzene rings is 2. The molecule has 14 heteroatoms. The van der Waals surface area contributed by atoms with E-state index in [-0.39, 0.29) is 66.1 Å². The molecule has 2 aromatic carbocycles. The highest BCUT2D eigenvalue weighted by Gasteiger charge is 2.41. The quantitative estimate of drug-likeness (QED) is 0.158. The summed E-state index contributed by atoms with van der Waals surface area (Å²) in [6, 6.07) is 8.77. The molecule has 4 aromatic rings. The predicted octanol–water partition coefficient (Wildman–Crippen LogP) is 4.34. The first-order valence-corrected chi connectivity index (χ1v) is 17.9. The molecule has 4 N–H and O–H groups in total. The standard InChI is InChI=1S/C36H43F2N5O6S/c1-22(2)34-40-26(20-50-34)35(47)43-16-18-49-36(21-43)10-13-42(14-11-36)15-17-48-29-7-3-23(31(37)32(29)38)9-12-39-19-28(45)24-4-6-27(44)33-25(24)5-8-30(46)41-33/h3-8,20,22,28,39,44-45H,9-19,21H2,1-2H3,(H,41,46). The van der Waals surface area contributed by atoms with Gasteiger partial charge in [0.1, 0.15) is 18.1 Å². The van der Waals surface area contributed by atoms with E-state index in [1.807, 2.05) is 10.3 Å². The fourth-order valence-electron chi connectivity index (χ4n) is 6.60. The van der Waals surface area contributed by atoms with E-state index in [0.717, 1.165) is 30.9 Å². The number of amides is 1. The Kier molecular flexibility index (Phi) is 11.1. The number of carbonyl (C=O) groups is 1. The number of thiazole rings is 1. The number of aromatic amines is 1. The molecule has 0 bridgehead atoms. The maximum Gasteiger partial charge on any atom is 0.273 e. The number of rotatable bonds is 12. The van der Waals surface area contributed by atoms with Crippen molar-refractivity contribution in [3.63, 3.8) is 0 Å². The largest absolute Gasteiger partial charge is 0.506 e. The summed E-state index contributed by atoms with van der Waals surface area (Å²) in [5, 5.41) is 27.1. The number of H-pyrrole nitrogens is 1. The van der Waals surface area contributed by atoms with Crippen molar-refractivity contribution in [1.82, 2.24) is 25.1 Å². The van der Waals surface area contributed by atoms with E-state index in [2.05, 4.69) is 34.0 Å². The first-order chi connectivity index (χ1) is 24.0. The molecule has 268 valence electrons. The van der Waals surface area contributed by atoms with Crippen LogP contribution < -0.4 is 15.6 Å². The number of carbonyl (C=O) groups excluding carboxylic acids is 1. The highest BCUT2D eigenvalue weighted by atomic mass is 32.1. The number of fused-ring (bicyclic) bond motifs is 1. The number of morpholine rings is 1. The van der Waals surface area contributed by atoms with Crippen LogP contribution in [-0.2, 0) is 11.2 Å². The zero-order chi connectivity index (χ0) is 35.4. The van der Waals surface area contributed by atoms with Gasteiger partial charge in [-0.15, -0.1) is 11.3 Å². The normalized spacial score (nSPS) is 17.1. The number of hydrogen-bond donors (Lipinski definition) is 4. The van der Waals surface area contributed by atoms with E-state index >= 15 is 0 Å². The van der Waals surface area contributed by atoms with Gasteiger partial charge in [0, 0.05) is 55.5 Å². The first-order valence-electron chi connectivity index (χ1n) is 17.0. The number of aromatic nitrogens is 2. The molecule has 2 saturated heterocycles. The van der Waals surface area contributed by atoms with Gasteiger partial charge in [-0.05, 0) is 55.1 Å².